The second-order valence-corrected chi connectivity index (χ2v) is 6.72. The fourth-order valence-electron chi connectivity index (χ4n) is 3.19. The highest BCUT2D eigenvalue weighted by Crippen LogP contribution is 2.27. The summed E-state index contributed by atoms with van der Waals surface area (Å²) >= 11 is 0. The van der Waals surface area contributed by atoms with E-state index in [0.717, 1.165) is 42.5 Å². The molecule has 2 rings (SSSR count). The molecule has 22 heavy (non-hydrogen) atoms. The van der Waals surface area contributed by atoms with Crippen molar-refractivity contribution in [1.29, 1.82) is 0 Å². The number of benzene rings is 1. The highest BCUT2D eigenvalue weighted by molar-refractivity contribution is 5.91. The summed E-state index contributed by atoms with van der Waals surface area (Å²) < 4.78 is 0. The van der Waals surface area contributed by atoms with Crippen molar-refractivity contribution >= 4 is 11.7 Å². The van der Waals surface area contributed by atoms with Gasteiger partial charge in [-0.2, -0.15) is 0 Å². The molecule has 0 heterocycles. The van der Waals surface area contributed by atoms with Crippen molar-refractivity contribution in [3.63, 3.8) is 0 Å². The van der Waals surface area contributed by atoms with Crippen LogP contribution in [0.4, 0.5) is 10.5 Å². The average molecular weight is 304 g/mol. The molecular formula is C18H28N2O2. The van der Waals surface area contributed by atoms with Gasteiger partial charge in [-0.3, -0.25) is 0 Å². The monoisotopic (exact) mass is 304 g/mol. The van der Waals surface area contributed by atoms with Gasteiger partial charge in [0.1, 0.15) is 0 Å². The zero-order valence-corrected chi connectivity index (χ0v) is 13.9. The standard InChI is InChI=1S/C18H28N2O2/c1-12(2)16-9-4-6-13(3)17(16)20-18(22)19-11-14-7-5-8-15(21)10-14/h4,6,9,12,14-15,21H,5,7-8,10-11H2,1-3H3,(H2,19,20,22). The number of anilines is 1. The zero-order chi connectivity index (χ0) is 16.1. The molecule has 1 aromatic rings. The lowest BCUT2D eigenvalue weighted by atomic mass is 9.87. The van der Waals surface area contributed by atoms with Crippen LogP contribution >= 0.6 is 0 Å². The molecule has 0 spiro atoms. The largest absolute Gasteiger partial charge is 0.393 e. The SMILES string of the molecule is Cc1cccc(C(C)C)c1NC(=O)NCC1CCCC(O)C1. The molecule has 0 radical (unpaired) electrons. The van der Waals surface area contributed by atoms with Gasteiger partial charge in [0, 0.05) is 12.2 Å². The number of aliphatic hydroxyl groups is 1. The third-order valence-corrected chi connectivity index (χ3v) is 4.47. The van der Waals surface area contributed by atoms with E-state index in [4.69, 9.17) is 0 Å². The summed E-state index contributed by atoms with van der Waals surface area (Å²) in [5, 5.41) is 15.6. The Labute approximate surface area is 133 Å². The third-order valence-electron chi connectivity index (χ3n) is 4.47. The number of amides is 2. The number of aryl methyl sites for hydroxylation is 1. The first-order valence-electron chi connectivity index (χ1n) is 8.29. The zero-order valence-electron chi connectivity index (χ0n) is 13.9. The minimum Gasteiger partial charge on any atom is -0.393 e. The van der Waals surface area contributed by atoms with Crippen molar-refractivity contribution in [3.8, 4) is 0 Å². The average Bonchev–Trinajstić information content (AvgIpc) is 2.47. The first kappa shape index (κ1) is 16.8. The number of hydrogen-bond donors (Lipinski definition) is 3. The van der Waals surface area contributed by atoms with E-state index < -0.39 is 0 Å². The van der Waals surface area contributed by atoms with Crippen molar-refractivity contribution in [3.05, 3.63) is 29.3 Å². The summed E-state index contributed by atoms with van der Waals surface area (Å²) in [6.45, 7) is 6.90. The molecule has 1 aromatic carbocycles. The van der Waals surface area contributed by atoms with Gasteiger partial charge in [0.25, 0.3) is 0 Å². The van der Waals surface area contributed by atoms with Gasteiger partial charge in [-0.25, -0.2) is 4.79 Å². The summed E-state index contributed by atoms with van der Waals surface area (Å²) in [7, 11) is 0. The smallest absolute Gasteiger partial charge is 0.319 e. The molecule has 2 unspecified atom stereocenters. The molecule has 1 aliphatic rings. The van der Waals surface area contributed by atoms with Gasteiger partial charge in [-0.1, -0.05) is 38.5 Å². The Kier molecular flexibility index (Phi) is 5.83. The van der Waals surface area contributed by atoms with E-state index in [1.54, 1.807) is 0 Å². The molecule has 0 aromatic heterocycles. The van der Waals surface area contributed by atoms with Gasteiger partial charge >= 0.3 is 6.03 Å². The molecule has 0 saturated heterocycles. The van der Waals surface area contributed by atoms with Crippen molar-refractivity contribution in [2.24, 2.45) is 5.92 Å². The number of carbonyl (C=O) groups is 1. The lowest BCUT2D eigenvalue weighted by Crippen LogP contribution is -2.36. The van der Waals surface area contributed by atoms with Crippen LogP contribution in [0, 0.1) is 12.8 Å². The van der Waals surface area contributed by atoms with Gasteiger partial charge in [-0.15, -0.1) is 0 Å². The summed E-state index contributed by atoms with van der Waals surface area (Å²) in [5.74, 6) is 0.750. The number of hydrogen-bond acceptors (Lipinski definition) is 2. The van der Waals surface area contributed by atoms with Gasteiger partial charge in [0.15, 0.2) is 0 Å². The molecule has 4 nitrogen and oxygen atoms in total. The van der Waals surface area contributed by atoms with Crippen LogP contribution in [0.25, 0.3) is 0 Å². The van der Waals surface area contributed by atoms with Gasteiger partial charge in [0.2, 0.25) is 0 Å². The second kappa shape index (κ2) is 7.63. The normalized spacial score (nSPS) is 21.7. The maximum absolute atomic E-state index is 12.2. The Hall–Kier alpha value is -1.55. The molecule has 1 fully saturated rings. The maximum Gasteiger partial charge on any atom is 0.319 e. The first-order chi connectivity index (χ1) is 10.5. The highest BCUT2D eigenvalue weighted by Gasteiger charge is 2.20. The Morgan fingerprint density at radius 1 is 1.36 bits per heavy atom. The van der Waals surface area contributed by atoms with Crippen molar-refractivity contribution in [2.75, 3.05) is 11.9 Å². The van der Waals surface area contributed by atoms with E-state index in [0.29, 0.717) is 18.4 Å². The van der Waals surface area contributed by atoms with E-state index in [1.807, 2.05) is 19.1 Å². The Balaban J connectivity index is 1.92. The van der Waals surface area contributed by atoms with Crippen LogP contribution in [0.1, 0.15) is 56.6 Å². The number of nitrogens with one attached hydrogen (secondary N) is 2. The quantitative estimate of drug-likeness (QED) is 0.792. The lowest BCUT2D eigenvalue weighted by molar-refractivity contribution is 0.101. The molecule has 0 aliphatic heterocycles. The Bertz CT molecular complexity index is 514. The van der Waals surface area contributed by atoms with E-state index in [-0.39, 0.29) is 12.1 Å². The van der Waals surface area contributed by atoms with Crippen LogP contribution in [0.2, 0.25) is 0 Å². The van der Waals surface area contributed by atoms with E-state index >= 15 is 0 Å². The van der Waals surface area contributed by atoms with Gasteiger partial charge < -0.3 is 15.7 Å². The summed E-state index contributed by atoms with van der Waals surface area (Å²) in [6, 6.07) is 5.94. The number of para-hydroxylation sites is 1. The van der Waals surface area contributed by atoms with E-state index in [1.165, 1.54) is 0 Å². The van der Waals surface area contributed by atoms with Crippen LogP contribution < -0.4 is 10.6 Å². The summed E-state index contributed by atoms with van der Waals surface area (Å²) in [4.78, 5) is 12.2. The summed E-state index contributed by atoms with van der Waals surface area (Å²) in [6.07, 6.45) is 3.61. The van der Waals surface area contributed by atoms with Crippen molar-refractivity contribution in [2.45, 2.75) is 58.5 Å². The fraction of sp³-hybridized carbons (Fsp3) is 0.611. The van der Waals surface area contributed by atoms with E-state index in [9.17, 15) is 9.90 Å². The Morgan fingerprint density at radius 2 is 2.14 bits per heavy atom. The highest BCUT2D eigenvalue weighted by atomic mass is 16.3. The molecule has 2 atom stereocenters. The lowest BCUT2D eigenvalue weighted by Gasteiger charge is -2.26. The topological polar surface area (TPSA) is 61.4 Å². The first-order valence-corrected chi connectivity index (χ1v) is 8.29. The van der Waals surface area contributed by atoms with E-state index in [2.05, 4.69) is 30.5 Å². The van der Waals surface area contributed by atoms with Crippen LogP contribution in [0.15, 0.2) is 18.2 Å². The minimum atomic E-state index is -0.201. The molecule has 4 heteroatoms. The number of aliphatic hydroxyl groups excluding tert-OH is 1. The predicted octanol–water partition coefficient (Wildman–Crippen LogP) is 3.79. The molecule has 1 saturated carbocycles. The van der Waals surface area contributed by atoms with Gasteiger partial charge in [0.05, 0.1) is 6.10 Å². The second-order valence-electron chi connectivity index (χ2n) is 6.72. The number of urea groups is 1. The molecule has 0 bridgehead atoms. The number of carbonyl (C=O) groups excluding carboxylic acids is 1. The minimum absolute atomic E-state index is 0.156. The predicted molar refractivity (Wildman–Crippen MR) is 90.3 cm³/mol. The van der Waals surface area contributed by atoms with Crippen LogP contribution in [-0.4, -0.2) is 23.8 Å². The summed E-state index contributed by atoms with van der Waals surface area (Å²) in [5.41, 5.74) is 3.15. The molecule has 1 aliphatic carbocycles. The molecule has 2 amide bonds. The third kappa shape index (κ3) is 4.47. The molecule has 3 N–H and O–H groups in total. The fourth-order valence-corrected chi connectivity index (χ4v) is 3.19. The number of rotatable bonds is 4. The van der Waals surface area contributed by atoms with Crippen molar-refractivity contribution in [1.82, 2.24) is 5.32 Å². The Morgan fingerprint density at radius 3 is 2.82 bits per heavy atom. The molecular weight excluding hydrogens is 276 g/mol. The van der Waals surface area contributed by atoms with Gasteiger partial charge in [-0.05, 0) is 49.1 Å². The van der Waals surface area contributed by atoms with Crippen molar-refractivity contribution < 1.29 is 9.90 Å². The van der Waals surface area contributed by atoms with Crippen LogP contribution in [0.5, 0.6) is 0 Å². The van der Waals surface area contributed by atoms with Crippen LogP contribution in [0.3, 0.4) is 0 Å². The molecule has 122 valence electrons. The maximum atomic E-state index is 12.2. The van der Waals surface area contributed by atoms with Crippen LogP contribution in [-0.2, 0) is 0 Å².